The lowest BCUT2D eigenvalue weighted by Gasteiger charge is -2.32. The van der Waals surface area contributed by atoms with Crippen molar-refractivity contribution in [1.82, 2.24) is 0 Å². The molecule has 0 aliphatic heterocycles. The average Bonchev–Trinajstić information content (AvgIpc) is 2.33. The molecule has 1 aliphatic carbocycles. The van der Waals surface area contributed by atoms with Crippen LogP contribution in [0.1, 0.15) is 39.0 Å². The molecule has 1 aromatic rings. The van der Waals surface area contributed by atoms with E-state index in [0.29, 0.717) is 6.04 Å². The fraction of sp³-hybridized carbons (Fsp3) is 0.571. The zero-order valence-corrected chi connectivity index (χ0v) is 12.0. The molecule has 2 atom stereocenters. The molecule has 1 fully saturated rings. The van der Waals surface area contributed by atoms with Gasteiger partial charge in [0.2, 0.25) is 0 Å². The van der Waals surface area contributed by atoms with E-state index in [9.17, 15) is 0 Å². The maximum atomic E-state index is 3.71. The highest BCUT2D eigenvalue weighted by molar-refractivity contribution is 14.1. The minimum atomic E-state index is 0.693. The van der Waals surface area contributed by atoms with Crippen LogP contribution in [0.5, 0.6) is 0 Å². The van der Waals surface area contributed by atoms with Gasteiger partial charge in [-0.15, -0.1) is 0 Å². The molecule has 1 aromatic carbocycles. The lowest BCUT2D eigenvalue weighted by Crippen LogP contribution is -2.31. The second-order valence-corrected chi connectivity index (χ2v) is 5.96. The normalized spacial score (nSPS) is 25.4. The maximum Gasteiger partial charge on any atom is 0.0343 e. The average molecular weight is 329 g/mol. The maximum absolute atomic E-state index is 3.71. The van der Waals surface area contributed by atoms with Gasteiger partial charge < -0.3 is 5.32 Å². The van der Waals surface area contributed by atoms with Crippen LogP contribution < -0.4 is 5.32 Å². The molecular weight excluding hydrogens is 309 g/mol. The van der Waals surface area contributed by atoms with Crippen LogP contribution in [0.2, 0.25) is 0 Å². The first-order valence-electron chi connectivity index (χ1n) is 6.31. The zero-order valence-electron chi connectivity index (χ0n) is 9.88. The molecule has 2 rings (SSSR count). The first-order chi connectivity index (χ1) is 7.79. The van der Waals surface area contributed by atoms with Gasteiger partial charge in [0.1, 0.15) is 0 Å². The van der Waals surface area contributed by atoms with Crippen molar-refractivity contribution in [1.29, 1.82) is 0 Å². The smallest absolute Gasteiger partial charge is 0.0343 e. The number of benzene rings is 1. The van der Waals surface area contributed by atoms with E-state index in [4.69, 9.17) is 0 Å². The summed E-state index contributed by atoms with van der Waals surface area (Å²) in [6.07, 6.45) is 6.85. The summed E-state index contributed by atoms with van der Waals surface area (Å²) in [7, 11) is 0. The summed E-state index contributed by atoms with van der Waals surface area (Å²) in [4.78, 5) is 0. The van der Waals surface area contributed by atoms with Crippen molar-refractivity contribution in [2.45, 2.75) is 45.1 Å². The number of anilines is 1. The highest BCUT2D eigenvalue weighted by Crippen LogP contribution is 2.29. The van der Waals surface area contributed by atoms with E-state index in [1.165, 1.54) is 41.4 Å². The highest BCUT2D eigenvalue weighted by Gasteiger charge is 2.23. The fourth-order valence-electron chi connectivity index (χ4n) is 2.65. The van der Waals surface area contributed by atoms with E-state index in [1.54, 1.807) is 0 Å². The summed E-state index contributed by atoms with van der Waals surface area (Å²) < 4.78 is 1.30. The topological polar surface area (TPSA) is 12.0 Å². The Morgan fingerprint density at radius 2 is 1.88 bits per heavy atom. The second-order valence-electron chi connectivity index (χ2n) is 4.71. The summed E-state index contributed by atoms with van der Waals surface area (Å²) in [5.74, 6) is 0.869. The minimum Gasteiger partial charge on any atom is -0.382 e. The highest BCUT2D eigenvalue weighted by atomic mass is 127. The van der Waals surface area contributed by atoms with E-state index in [1.807, 2.05) is 0 Å². The van der Waals surface area contributed by atoms with Crippen LogP contribution in [0, 0.1) is 9.49 Å². The number of halogens is 1. The molecule has 0 bridgehead atoms. The molecule has 16 heavy (non-hydrogen) atoms. The molecule has 0 aromatic heterocycles. The third-order valence-corrected chi connectivity index (χ3v) is 4.35. The van der Waals surface area contributed by atoms with Crippen molar-refractivity contribution in [3.05, 3.63) is 27.8 Å². The predicted octanol–water partition coefficient (Wildman–Crippen LogP) is 4.67. The SMILES string of the molecule is CCC1CCCCC1Nc1ccc(I)cc1. The van der Waals surface area contributed by atoms with Crippen LogP contribution in [0.4, 0.5) is 5.69 Å². The van der Waals surface area contributed by atoms with Crippen LogP contribution in [0.3, 0.4) is 0 Å². The molecule has 2 unspecified atom stereocenters. The lowest BCUT2D eigenvalue weighted by molar-refractivity contribution is 0.317. The number of hydrogen-bond donors (Lipinski definition) is 1. The molecule has 1 nitrogen and oxygen atoms in total. The Bertz CT molecular complexity index is 320. The van der Waals surface area contributed by atoms with E-state index in [2.05, 4.69) is 59.1 Å². The van der Waals surface area contributed by atoms with Gasteiger partial charge in [0.05, 0.1) is 0 Å². The van der Waals surface area contributed by atoms with Gasteiger partial charge in [0.25, 0.3) is 0 Å². The predicted molar refractivity (Wildman–Crippen MR) is 78.8 cm³/mol. The van der Waals surface area contributed by atoms with Crippen molar-refractivity contribution < 1.29 is 0 Å². The molecule has 2 heteroatoms. The third-order valence-electron chi connectivity index (χ3n) is 3.63. The Hall–Kier alpha value is -0.250. The van der Waals surface area contributed by atoms with Gasteiger partial charge in [0.15, 0.2) is 0 Å². The molecular formula is C14H20IN. The molecule has 0 radical (unpaired) electrons. The number of hydrogen-bond acceptors (Lipinski definition) is 1. The number of rotatable bonds is 3. The largest absolute Gasteiger partial charge is 0.382 e. The van der Waals surface area contributed by atoms with Crippen LogP contribution >= 0.6 is 22.6 Å². The Kier molecular flexibility index (Phi) is 4.50. The molecule has 0 heterocycles. The van der Waals surface area contributed by atoms with Crippen molar-refractivity contribution in [2.24, 2.45) is 5.92 Å². The standard InChI is InChI=1S/C14H20IN/c1-2-11-5-3-4-6-14(11)16-13-9-7-12(15)8-10-13/h7-11,14,16H,2-6H2,1H3. The van der Waals surface area contributed by atoms with E-state index in [-0.39, 0.29) is 0 Å². The van der Waals surface area contributed by atoms with Crippen molar-refractivity contribution in [3.63, 3.8) is 0 Å². The summed E-state index contributed by atoms with van der Waals surface area (Å²) in [5, 5.41) is 3.71. The Labute approximate surface area is 112 Å². The van der Waals surface area contributed by atoms with Gasteiger partial charge in [-0.2, -0.15) is 0 Å². The van der Waals surface area contributed by atoms with E-state index >= 15 is 0 Å². The summed E-state index contributed by atoms with van der Waals surface area (Å²) in [5.41, 5.74) is 1.28. The summed E-state index contributed by atoms with van der Waals surface area (Å²) >= 11 is 2.35. The molecule has 1 N–H and O–H groups in total. The van der Waals surface area contributed by atoms with E-state index in [0.717, 1.165) is 5.92 Å². The fourth-order valence-corrected chi connectivity index (χ4v) is 3.01. The first-order valence-corrected chi connectivity index (χ1v) is 7.39. The second kappa shape index (κ2) is 5.89. The molecule has 0 spiro atoms. The van der Waals surface area contributed by atoms with Gasteiger partial charge in [-0.25, -0.2) is 0 Å². The van der Waals surface area contributed by atoms with Crippen LogP contribution in [-0.4, -0.2) is 6.04 Å². The Morgan fingerprint density at radius 3 is 2.56 bits per heavy atom. The Morgan fingerprint density at radius 1 is 1.19 bits per heavy atom. The molecule has 0 amide bonds. The van der Waals surface area contributed by atoms with Crippen molar-refractivity contribution >= 4 is 28.3 Å². The van der Waals surface area contributed by atoms with Crippen LogP contribution in [-0.2, 0) is 0 Å². The third kappa shape index (κ3) is 3.12. The van der Waals surface area contributed by atoms with Gasteiger partial charge >= 0.3 is 0 Å². The lowest BCUT2D eigenvalue weighted by atomic mass is 9.83. The van der Waals surface area contributed by atoms with Crippen LogP contribution in [0.25, 0.3) is 0 Å². The molecule has 1 saturated carbocycles. The molecule has 0 saturated heterocycles. The molecule has 1 aliphatic rings. The van der Waals surface area contributed by atoms with Crippen molar-refractivity contribution in [2.75, 3.05) is 5.32 Å². The van der Waals surface area contributed by atoms with Gasteiger partial charge in [-0.3, -0.25) is 0 Å². The van der Waals surface area contributed by atoms with Gasteiger partial charge in [-0.05, 0) is 65.6 Å². The quantitative estimate of drug-likeness (QED) is 0.795. The number of nitrogens with one attached hydrogen (secondary N) is 1. The molecule has 88 valence electrons. The summed E-state index contributed by atoms with van der Waals surface area (Å²) in [6, 6.07) is 9.43. The van der Waals surface area contributed by atoms with Crippen LogP contribution in [0.15, 0.2) is 24.3 Å². The van der Waals surface area contributed by atoms with Gasteiger partial charge in [-0.1, -0.05) is 26.2 Å². The van der Waals surface area contributed by atoms with E-state index < -0.39 is 0 Å². The first kappa shape index (κ1) is 12.2. The monoisotopic (exact) mass is 329 g/mol. The zero-order chi connectivity index (χ0) is 11.4. The Balaban J connectivity index is 1.99. The van der Waals surface area contributed by atoms with Gasteiger partial charge in [0, 0.05) is 15.3 Å². The summed E-state index contributed by atoms with van der Waals surface area (Å²) in [6.45, 7) is 2.32. The minimum absolute atomic E-state index is 0.693. The van der Waals surface area contributed by atoms with Crippen molar-refractivity contribution in [3.8, 4) is 0 Å².